The summed E-state index contributed by atoms with van der Waals surface area (Å²) in [5.41, 5.74) is 0.923. The van der Waals surface area contributed by atoms with Gasteiger partial charge in [-0.15, -0.1) is 24.0 Å². The molecule has 1 aliphatic heterocycles. The maximum absolute atomic E-state index is 11.8. The number of guanidine groups is 1. The first-order valence-corrected chi connectivity index (χ1v) is 9.24. The average molecular weight is 522 g/mol. The van der Waals surface area contributed by atoms with Crippen molar-refractivity contribution in [1.82, 2.24) is 15.1 Å². The standard InChI is InChI=1S/C19H30N4O5.HI/c1-6-28-19(24)23-11-9-22(10-12-23)18(20-2)21-13-14-7-8-15(25-3)17(27-5)16(14)26-4;/h7-8H,6,9-13H2,1-5H3,(H,20,21);1H. The molecule has 1 fully saturated rings. The van der Waals surface area contributed by atoms with Gasteiger partial charge in [-0.25, -0.2) is 4.79 Å². The Labute approximate surface area is 189 Å². The third-order valence-corrected chi connectivity index (χ3v) is 4.54. The molecule has 1 aromatic carbocycles. The van der Waals surface area contributed by atoms with E-state index in [9.17, 15) is 4.79 Å². The van der Waals surface area contributed by atoms with Crippen molar-refractivity contribution >= 4 is 36.0 Å². The van der Waals surface area contributed by atoms with Crippen molar-refractivity contribution in [3.05, 3.63) is 17.7 Å². The number of benzene rings is 1. The summed E-state index contributed by atoms with van der Waals surface area (Å²) in [6.45, 7) is 5.26. The molecule has 1 saturated heterocycles. The van der Waals surface area contributed by atoms with Crippen LogP contribution >= 0.6 is 24.0 Å². The molecule has 0 spiro atoms. The lowest BCUT2D eigenvalue weighted by Crippen LogP contribution is -2.53. The number of hydrogen-bond acceptors (Lipinski definition) is 6. The molecule has 29 heavy (non-hydrogen) atoms. The second kappa shape index (κ2) is 12.5. The highest BCUT2D eigenvalue weighted by Crippen LogP contribution is 2.39. The predicted octanol–water partition coefficient (Wildman–Crippen LogP) is 2.18. The zero-order valence-corrected chi connectivity index (χ0v) is 20.0. The van der Waals surface area contributed by atoms with E-state index in [1.54, 1.807) is 33.3 Å². The first-order valence-electron chi connectivity index (χ1n) is 9.24. The molecule has 0 aliphatic carbocycles. The molecule has 10 heteroatoms. The maximum Gasteiger partial charge on any atom is 0.409 e. The molecule has 0 atom stereocenters. The van der Waals surface area contributed by atoms with Crippen LogP contribution in [0.5, 0.6) is 17.2 Å². The van der Waals surface area contributed by atoms with Gasteiger partial charge in [0.15, 0.2) is 17.5 Å². The minimum atomic E-state index is -0.264. The van der Waals surface area contributed by atoms with Crippen LogP contribution in [0.2, 0.25) is 0 Å². The second-order valence-electron chi connectivity index (χ2n) is 6.07. The predicted molar refractivity (Wildman–Crippen MR) is 122 cm³/mol. The van der Waals surface area contributed by atoms with Crippen molar-refractivity contribution in [2.45, 2.75) is 13.5 Å². The topological polar surface area (TPSA) is 84.9 Å². The Morgan fingerprint density at radius 3 is 2.17 bits per heavy atom. The van der Waals surface area contributed by atoms with E-state index in [0.717, 1.165) is 11.5 Å². The number of carbonyl (C=O) groups excluding carboxylic acids is 1. The summed E-state index contributed by atoms with van der Waals surface area (Å²) in [5.74, 6) is 2.56. The quantitative estimate of drug-likeness (QED) is 0.349. The number of hydrogen-bond donors (Lipinski definition) is 1. The lowest BCUT2D eigenvalue weighted by Gasteiger charge is -2.35. The molecule has 0 saturated carbocycles. The molecule has 1 aromatic rings. The van der Waals surface area contributed by atoms with Crippen LogP contribution in [-0.2, 0) is 11.3 Å². The average Bonchev–Trinajstić information content (AvgIpc) is 2.73. The van der Waals surface area contributed by atoms with Gasteiger partial charge in [0, 0.05) is 45.3 Å². The van der Waals surface area contributed by atoms with E-state index in [-0.39, 0.29) is 30.1 Å². The van der Waals surface area contributed by atoms with Crippen LogP contribution in [0.15, 0.2) is 17.1 Å². The summed E-state index contributed by atoms with van der Waals surface area (Å²) in [6.07, 6.45) is -0.264. The van der Waals surface area contributed by atoms with Crippen molar-refractivity contribution in [3.8, 4) is 17.2 Å². The molecule has 0 bridgehead atoms. The third-order valence-electron chi connectivity index (χ3n) is 4.54. The fraction of sp³-hybridized carbons (Fsp3) is 0.579. The Morgan fingerprint density at radius 1 is 1.03 bits per heavy atom. The first kappa shape index (κ1) is 24.9. The Hall–Kier alpha value is -2.11. The summed E-state index contributed by atoms with van der Waals surface area (Å²) in [5, 5.41) is 3.35. The van der Waals surface area contributed by atoms with E-state index >= 15 is 0 Å². The summed E-state index contributed by atoms with van der Waals surface area (Å²) in [6, 6.07) is 3.78. The molecule has 2 rings (SSSR count). The van der Waals surface area contributed by atoms with Gasteiger partial charge in [0.1, 0.15) is 0 Å². The summed E-state index contributed by atoms with van der Waals surface area (Å²) in [4.78, 5) is 20.0. The maximum atomic E-state index is 11.8. The number of halogens is 1. The number of nitrogens with one attached hydrogen (secondary N) is 1. The second-order valence-corrected chi connectivity index (χ2v) is 6.07. The van der Waals surface area contributed by atoms with E-state index < -0.39 is 0 Å². The van der Waals surface area contributed by atoms with Crippen molar-refractivity contribution in [3.63, 3.8) is 0 Å². The Bertz CT molecular complexity index is 693. The molecule has 1 aliphatic rings. The van der Waals surface area contributed by atoms with E-state index in [1.807, 2.05) is 19.1 Å². The Kier molecular flexibility index (Phi) is 10.7. The van der Waals surface area contributed by atoms with Crippen LogP contribution in [-0.4, -0.2) is 83.0 Å². The van der Waals surface area contributed by atoms with Gasteiger partial charge in [-0.1, -0.05) is 0 Å². The highest BCUT2D eigenvalue weighted by molar-refractivity contribution is 14.0. The number of carbonyl (C=O) groups is 1. The van der Waals surface area contributed by atoms with Crippen LogP contribution in [0.3, 0.4) is 0 Å². The van der Waals surface area contributed by atoms with E-state index in [1.165, 1.54) is 0 Å². The Balaban J connectivity index is 0.00000420. The molecule has 0 aromatic heterocycles. The zero-order chi connectivity index (χ0) is 20.5. The number of aliphatic imine (C=N–C) groups is 1. The summed E-state index contributed by atoms with van der Waals surface area (Å²) in [7, 11) is 6.52. The smallest absolute Gasteiger partial charge is 0.409 e. The van der Waals surface area contributed by atoms with E-state index in [2.05, 4.69) is 15.2 Å². The molecule has 0 unspecified atom stereocenters. The highest BCUT2D eigenvalue weighted by Gasteiger charge is 2.24. The minimum Gasteiger partial charge on any atom is -0.493 e. The molecule has 164 valence electrons. The zero-order valence-electron chi connectivity index (χ0n) is 17.7. The molecule has 1 N–H and O–H groups in total. The van der Waals surface area contributed by atoms with Gasteiger partial charge in [-0.3, -0.25) is 4.99 Å². The fourth-order valence-corrected chi connectivity index (χ4v) is 3.12. The van der Waals surface area contributed by atoms with Crippen LogP contribution in [0.1, 0.15) is 12.5 Å². The van der Waals surface area contributed by atoms with E-state index in [4.69, 9.17) is 18.9 Å². The number of methoxy groups -OCH3 is 3. The van der Waals surface area contributed by atoms with Crippen molar-refractivity contribution < 1.29 is 23.7 Å². The first-order chi connectivity index (χ1) is 13.6. The Morgan fingerprint density at radius 2 is 1.66 bits per heavy atom. The SMILES string of the molecule is CCOC(=O)N1CCN(C(=NC)NCc2ccc(OC)c(OC)c2OC)CC1.I. The third kappa shape index (κ3) is 6.18. The number of rotatable bonds is 6. The van der Waals surface area contributed by atoms with Crippen LogP contribution < -0.4 is 19.5 Å². The molecule has 9 nitrogen and oxygen atoms in total. The highest BCUT2D eigenvalue weighted by atomic mass is 127. The van der Waals surface area contributed by atoms with Gasteiger partial charge >= 0.3 is 6.09 Å². The van der Waals surface area contributed by atoms with Gasteiger partial charge in [-0.2, -0.15) is 0 Å². The van der Waals surface area contributed by atoms with Gasteiger partial charge in [0.05, 0.1) is 27.9 Å². The molecular weight excluding hydrogens is 491 g/mol. The summed E-state index contributed by atoms with van der Waals surface area (Å²) >= 11 is 0. The van der Waals surface area contributed by atoms with Gasteiger partial charge in [-0.05, 0) is 19.1 Å². The summed E-state index contributed by atoms with van der Waals surface area (Å²) < 4.78 is 21.3. The molecule has 1 amide bonds. The number of amides is 1. The molecular formula is C19H31IN4O5. The number of nitrogens with zero attached hydrogens (tertiary/aromatic N) is 3. The lowest BCUT2D eigenvalue weighted by atomic mass is 10.1. The minimum absolute atomic E-state index is 0. The number of ether oxygens (including phenoxy) is 4. The molecule has 1 heterocycles. The van der Waals surface area contributed by atoms with Crippen LogP contribution in [0, 0.1) is 0 Å². The van der Waals surface area contributed by atoms with E-state index in [0.29, 0.717) is 56.6 Å². The number of piperazine rings is 1. The fourth-order valence-electron chi connectivity index (χ4n) is 3.12. The lowest BCUT2D eigenvalue weighted by molar-refractivity contribution is 0.0914. The van der Waals surface area contributed by atoms with Gasteiger partial charge in [0.25, 0.3) is 0 Å². The van der Waals surface area contributed by atoms with Crippen molar-refractivity contribution in [2.24, 2.45) is 4.99 Å². The molecule has 0 radical (unpaired) electrons. The van der Waals surface area contributed by atoms with Crippen LogP contribution in [0.25, 0.3) is 0 Å². The van der Waals surface area contributed by atoms with Crippen molar-refractivity contribution in [2.75, 3.05) is 61.2 Å². The van der Waals surface area contributed by atoms with Crippen molar-refractivity contribution in [1.29, 1.82) is 0 Å². The van der Waals surface area contributed by atoms with Gasteiger partial charge in [0.2, 0.25) is 5.75 Å². The largest absolute Gasteiger partial charge is 0.493 e. The van der Waals surface area contributed by atoms with Crippen LogP contribution in [0.4, 0.5) is 4.79 Å². The van der Waals surface area contributed by atoms with Gasteiger partial charge < -0.3 is 34.1 Å². The normalized spacial score (nSPS) is 14.0. The monoisotopic (exact) mass is 522 g/mol.